The lowest BCUT2D eigenvalue weighted by Crippen LogP contribution is -2.50. The van der Waals surface area contributed by atoms with Crippen molar-refractivity contribution in [3.8, 4) is 5.75 Å². The van der Waals surface area contributed by atoms with E-state index in [-0.39, 0.29) is 24.3 Å². The third-order valence-electron chi connectivity index (χ3n) is 7.48. The van der Waals surface area contributed by atoms with Crippen LogP contribution in [0.2, 0.25) is 0 Å². The first kappa shape index (κ1) is 28.7. The van der Waals surface area contributed by atoms with Crippen LogP contribution in [0.5, 0.6) is 5.75 Å². The highest BCUT2D eigenvalue weighted by Crippen LogP contribution is 2.30. The minimum Gasteiger partial charge on any atom is -0.490 e. The van der Waals surface area contributed by atoms with Gasteiger partial charge in [0.2, 0.25) is 0 Å². The Bertz CT molecular complexity index is 1380. The average molecular weight is 560 g/mol. The second kappa shape index (κ2) is 13.2. The number of hydrogen-bond acceptors (Lipinski definition) is 6. The normalized spacial score (nSPS) is 15.6. The molecule has 1 aliphatic rings. The van der Waals surface area contributed by atoms with Crippen LogP contribution in [0, 0.1) is 25.5 Å². The Balaban J connectivity index is 1.17. The Morgan fingerprint density at radius 1 is 0.878 bits per heavy atom. The molecule has 3 aromatic carbocycles. The van der Waals surface area contributed by atoms with Gasteiger partial charge in [0, 0.05) is 43.9 Å². The van der Waals surface area contributed by atoms with E-state index in [2.05, 4.69) is 15.0 Å². The van der Waals surface area contributed by atoms with Crippen LogP contribution < -0.4 is 4.74 Å². The van der Waals surface area contributed by atoms with Crippen molar-refractivity contribution in [2.75, 3.05) is 39.3 Å². The van der Waals surface area contributed by atoms with Gasteiger partial charge in [0.1, 0.15) is 35.9 Å². The number of nitrogens with zero attached hydrogens (tertiary/aromatic N) is 3. The molecule has 1 saturated heterocycles. The SMILES string of the molecule is Cc1noc(C)c1C=Cc1ccccc1OCC(O)CN1CCN(C(c2ccc(F)cc2)c2ccc(F)cc2)CC1. The van der Waals surface area contributed by atoms with Gasteiger partial charge in [-0.15, -0.1) is 0 Å². The number of halogens is 2. The summed E-state index contributed by atoms with van der Waals surface area (Å²) >= 11 is 0. The van der Waals surface area contributed by atoms with E-state index in [1.54, 1.807) is 24.3 Å². The number of ether oxygens (including phenoxy) is 1. The molecule has 1 aliphatic heterocycles. The van der Waals surface area contributed by atoms with Crippen molar-refractivity contribution >= 4 is 12.2 Å². The van der Waals surface area contributed by atoms with Crippen LogP contribution in [-0.2, 0) is 0 Å². The molecule has 1 aromatic heterocycles. The summed E-state index contributed by atoms with van der Waals surface area (Å²) in [5.74, 6) is 0.883. The Labute approximate surface area is 239 Å². The van der Waals surface area contributed by atoms with E-state index in [0.717, 1.165) is 59.9 Å². The summed E-state index contributed by atoms with van der Waals surface area (Å²) in [6.45, 7) is 7.46. The smallest absolute Gasteiger partial charge is 0.141 e. The number of β-amino-alcohol motifs (C(OH)–C–C–N with tert-alkyl or cyclic N) is 1. The topological polar surface area (TPSA) is 62.0 Å². The van der Waals surface area contributed by atoms with Crippen LogP contribution in [0.4, 0.5) is 8.78 Å². The first-order chi connectivity index (χ1) is 19.9. The van der Waals surface area contributed by atoms with Crippen molar-refractivity contribution in [3.05, 3.63) is 118 Å². The summed E-state index contributed by atoms with van der Waals surface area (Å²) in [6, 6.07) is 20.6. The first-order valence-electron chi connectivity index (χ1n) is 13.9. The molecule has 0 radical (unpaired) electrons. The monoisotopic (exact) mass is 559 g/mol. The second-order valence-electron chi connectivity index (χ2n) is 10.4. The van der Waals surface area contributed by atoms with E-state index in [1.165, 1.54) is 24.3 Å². The molecule has 0 aliphatic carbocycles. The van der Waals surface area contributed by atoms with Gasteiger partial charge < -0.3 is 14.4 Å². The van der Waals surface area contributed by atoms with Gasteiger partial charge >= 0.3 is 0 Å². The molecule has 1 atom stereocenters. The summed E-state index contributed by atoms with van der Waals surface area (Å²) in [5.41, 5.74) is 4.60. The summed E-state index contributed by atoms with van der Waals surface area (Å²) in [7, 11) is 0. The van der Waals surface area contributed by atoms with Crippen LogP contribution in [-0.4, -0.2) is 65.5 Å². The van der Waals surface area contributed by atoms with Gasteiger partial charge in [-0.25, -0.2) is 8.78 Å². The lowest BCUT2D eigenvalue weighted by atomic mass is 9.96. The highest BCUT2D eigenvalue weighted by molar-refractivity contribution is 5.73. The summed E-state index contributed by atoms with van der Waals surface area (Å²) < 4.78 is 38.5. The van der Waals surface area contributed by atoms with E-state index in [0.29, 0.717) is 12.3 Å². The Morgan fingerprint density at radius 2 is 1.49 bits per heavy atom. The average Bonchev–Trinajstić information content (AvgIpc) is 3.30. The maximum atomic E-state index is 13.6. The molecule has 1 N–H and O–H groups in total. The molecular weight excluding hydrogens is 524 g/mol. The van der Waals surface area contributed by atoms with Gasteiger partial charge in [-0.1, -0.05) is 53.7 Å². The number of aromatic nitrogens is 1. The Kier molecular flexibility index (Phi) is 9.24. The highest BCUT2D eigenvalue weighted by atomic mass is 19.1. The maximum Gasteiger partial charge on any atom is 0.141 e. The van der Waals surface area contributed by atoms with Crippen LogP contribution in [0.3, 0.4) is 0 Å². The standard InChI is InChI=1S/C33H35F2N3O3/c1-23-31(24(2)41-36-23)16-11-25-5-3-4-6-32(25)40-22-30(39)21-37-17-19-38(20-18-37)33(26-7-12-28(34)13-8-26)27-9-14-29(35)15-10-27/h3-16,30,33,39H,17-22H2,1-2H3. The number of aryl methyl sites for hydroxylation is 2. The molecule has 0 saturated carbocycles. The zero-order valence-electron chi connectivity index (χ0n) is 23.3. The minimum atomic E-state index is -0.661. The second-order valence-corrected chi connectivity index (χ2v) is 10.4. The fourth-order valence-electron chi connectivity index (χ4n) is 5.30. The number of para-hydroxylation sites is 1. The fourth-order valence-corrected chi connectivity index (χ4v) is 5.30. The van der Waals surface area contributed by atoms with Gasteiger partial charge in [-0.05, 0) is 61.4 Å². The molecule has 8 heteroatoms. The number of piperazine rings is 1. The van der Waals surface area contributed by atoms with Crippen LogP contribution in [0.25, 0.3) is 12.2 Å². The lowest BCUT2D eigenvalue weighted by molar-refractivity contribution is 0.0400. The van der Waals surface area contributed by atoms with Gasteiger partial charge in [0.25, 0.3) is 0 Å². The van der Waals surface area contributed by atoms with Crippen molar-refractivity contribution < 1.29 is 23.1 Å². The molecule has 2 heterocycles. The number of aliphatic hydroxyl groups is 1. The zero-order chi connectivity index (χ0) is 28.8. The van der Waals surface area contributed by atoms with Crippen molar-refractivity contribution in [2.24, 2.45) is 0 Å². The quantitative estimate of drug-likeness (QED) is 0.262. The number of rotatable bonds is 10. The lowest BCUT2D eigenvalue weighted by Gasteiger charge is -2.40. The van der Waals surface area contributed by atoms with Crippen molar-refractivity contribution in [3.63, 3.8) is 0 Å². The number of hydrogen-bond donors (Lipinski definition) is 1. The van der Waals surface area contributed by atoms with E-state index >= 15 is 0 Å². The van der Waals surface area contributed by atoms with E-state index in [9.17, 15) is 13.9 Å². The zero-order valence-corrected chi connectivity index (χ0v) is 23.3. The van der Waals surface area contributed by atoms with Crippen molar-refractivity contribution in [2.45, 2.75) is 26.0 Å². The van der Waals surface area contributed by atoms with E-state index < -0.39 is 6.10 Å². The highest BCUT2D eigenvalue weighted by Gasteiger charge is 2.27. The molecule has 41 heavy (non-hydrogen) atoms. The molecule has 4 aromatic rings. The summed E-state index contributed by atoms with van der Waals surface area (Å²) in [5, 5.41) is 14.8. The predicted molar refractivity (Wildman–Crippen MR) is 156 cm³/mol. The van der Waals surface area contributed by atoms with Crippen molar-refractivity contribution in [1.29, 1.82) is 0 Å². The van der Waals surface area contributed by atoms with E-state index in [1.807, 2.05) is 50.3 Å². The minimum absolute atomic E-state index is 0.110. The van der Waals surface area contributed by atoms with Gasteiger partial charge in [0.05, 0.1) is 11.7 Å². The van der Waals surface area contributed by atoms with E-state index in [4.69, 9.17) is 9.26 Å². The molecular formula is C33H35F2N3O3. The Hall–Kier alpha value is -3.85. The third kappa shape index (κ3) is 7.27. The largest absolute Gasteiger partial charge is 0.490 e. The molecule has 1 unspecified atom stereocenters. The Morgan fingerprint density at radius 3 is 2.07 bits per heavy atom. The fraction of sp³-hybridized carbons (Fsp3) is 0.303. The third-order valence-corrected chi connectivity index (χ3v) is 7.48. The first-order valence-corrected chi connectivity index (χ1v) is 13.9. The molecule has 6 nitrogen and oxygen atoms in total. The van der Waals surface area contributed by atoms with Crippen LogP contribution in [0.1, 0.15) is 39.7 Å². The number of aliphatic hydroxyl groups excluding tert-OH is 1. The maximum absolute atomic E-state index is 13.6. The number of benzene rings is 3. The predicted octanol–water partition coefficient (Wildman–Crippen LogP) is 5.89. The molecule has 5 rings (SSSR count). The van der Waals surface area contributed by atoms with Gasteiger partial charge in [0.15, 0.2) is 0 Å². The molecule has 0 amide bonds. The van der Waals surface area contributed by atoms with Gasteiger partial charge in [-0.3, -0.25) is 9.80 Å². The molecule has 214 valence electrons. The molecule has 0 bridgehead atoms. The van der Waals surface area contributed by atoms with Gasteiger partial charge in [-0.2, -0.15) is 0 Å². The summed E-state index contributed by atoms with van der Waals surface area (Å²) in [4.78, 5) is 4.54. The molecule has 1 fully saturated rings. The molecule has 0 spiro atoms. The summed E-state index contributed by atoms with van der Waals surface area (Å²) in [6.07, 6.45) is 3.27. The van der Waals surface area contributed by atoms with Crippen molar-refractivity contribution in [1.82, 2.24) is 15.0 Å². The van der Waals surface area contributed by atoms with Crippen LogP contribution in [0.15, 0.2) is 77.3 Å². The van der Waals surface area contributed by atoms with Crippen LogP contribution >= 0.6 is 0 Å².